The van der Waals surface area contributed by atoms with Crippen LogP contribution in [0.5, 0.6) is 0 Å². The molecule has 0 N–H and O–H groups in total. The maximum atomic E-state index is 13.6. The summed E-state index contributed by atoms with van der Waals surface area (Å²) < 4.78 is 57.1. The van der Waals surface area contributed by atoms with Crippen LogP contribution in [0, 0.1) is 5.82 Å². The summed E-state index contributed by atoms with van der Waals surface area (Å²) in [5.74, 6) is -0.136. The van der Waals surface area contributed by atoms with Gasteiger partial charge in [0.2, 0.25) is 0 Å². The van der Waals surface area contributed by atoms with Gasteiger partial charge in [-0.2, -0.15) is 12.6 Å². The van der Waals surface area contributed by atoms with E-state index in [0.717, 1.165) is 18.4 Å². The van der Waals surface area contributed by atoms with Crippen LogP contribution in [0.1, 0.15) is 36.8 Å². The normalized spacial score (nSPS) is 20.5. The van der Waals surface area contributed by atoms with Gasteiger partial charge >= 0.3 is 10.1 Å². The lowest BCUT2D eigenvalue weighted by molar-refractivity contribution is 0.500. The third-order valence-electron chi connectivity index (χ3n) is 5.45. The highest BCUT2D eigenvalue weighted by Gasteiger charge is 2.29. The van der Waals surface area contributed by atoms with Gasteiger partial charge in [0.15, 0.2) is 0 Å². The lowest BCUT2D eigenvalue weighted by atomic mass is 9.97. The van der Waals surface area contributed by atoms with E-state index < -0.39 is 18.3 Å². The molecular formula is C20H19F2NO4P2S. The van der Waals surface area contributed by atoms with Crippen molar-refractivity contribution in [1.29, 1.82) is 0 Å². The molecule has 0 bridgehead atoms. The summed E-state index contributed by atoms with van der Waals surface area (Å²) in [6.07, 6.45) is 2.26. The van der Waals surface area contributed by atoms with Crippen LogP contribution >= 0.6 is 17.1 Å². The van der Waals surface area contributed by atoms with Crippen LogP contribution in [-0.4, -0.2) is 13.0 Å². The molecule has 1 saturated carbocycles. The van der Waals surface area contributed by atoms with E-state index in [1.807, 2.05) is 6.07 Å². The van der Waals surface area contributed by atoms with Crippen LogP contribution in [0.4, 0.5) is 8.59 Å². The minimum Gasteiger partial charge on any atom is -0.305 e. The molecule has 0 amide bonds. The first-order chi connectivity index (χ1) is 14.2. The molecule has 1 aliphatic carbocycles. The Morgan fingerprint density at radius 2 is 1.90 bits per heavy atom. The number of aromatic nitrogens is 1. The SMILES string of the molecule is O=c1ccc2cc(S(=O)(=O)OP(F)P)ccc2n1C1CCC(c2cccc(F)c2)C1. The molecule has 1 fully saturated rings. The quantitative estimate of drug-likeness (QED) is 0.468. The van der Waals surface area contributed by atoms with Crippen molar-refractivity contribution in [3.8, 4) is 0 Å². The molecule has 3 aromatic rings. The smallest absolute Gasteiger partial charge is 0.302 e. The molecule has 1 heterocycles. The summed E-state index contributed by atoms with van der Waals surface area (Å²) in [4.78, 5) is 12.5. The summed E-state index contributed by atoms with van der Waals surface area (Å²) in [6.45, 7) is 0. The average molecular weight is 469 g/mol. The Hall–Kier alpha value is -1.72. The van der Waals surface area contributed by atoms with Crippen molar-refractivity contribution in [2.75, 3.05) is 0 Å². The number of nitrogens with zero attached hydrogens (tertiary/aromatic N) is 1. The monoisotopic (exact) mass is 469 g/mol. The first-order valence-electron chi connectivity index (χ1n) is 9.30. The van der Waals surface area contributed by atoms with Gasteiger partial charge in [0.1, 0.15) is 5.82 Å². The number of hydrogen-bond acceptors (Lipinski definition) is 4. The molecular weight excluding hydrogens is 450 g/mol. The lowest BCUT2D eigenvalue weighted by Crippen LogP contribution is -2.23. The predicted octanol–water partition coefficient (Wildman–Crippen LogP) is 5.43. The molecule has 0 spiro atoms. The first-order valence-corrected chi connectivity index (χ1v) is 13.5. The van der Waals surface area contributed by atoms with Crippen LogP contribution in [0.25, 0.3) is 10.9 Å². The maximum Gasteiger partial charge on any atom is 0.302 e. The van der Waals surface area contributed by atoms with Crippen molar-refractivity contribution in [1.82, 2.24) is 4.57 Å². The zero-order valence-electron chi connectivity index (χ0n) is 15.7. The van der Waals surface area contributed by atoms with E-state index in [1.54, 1.807) is 31.7 Å². The standard InChI is InChI=1S/C20H19F2NO4P2S/c21-16-3-1-2-13(10-16)14-4-6-17(11-14)23-19-8-7-18(30(25,26)27-29(22)28)12-15(19)5-9-20(23)24/h1-3,5,7-10,12,14,17H,4,6,11,28H2. The fourth-order valence-electron chi connectivity index (χ4n) is 4.17. The Balaban J connectivity index is 1.70. The predicted molar refractivity (Wildman–Crippen MR) is 116 cm³/mol. The van der Waals surface area contributed by atoms with Gasteiger partial charge in [0, 0.05) is 12.1 Å². The van der Waals surface area contributed by atoms with E-state index in [-0.39, 0.29) is 28.2 Å². The molecule has 4 unspecified atom stereocenters. The maximum absolute atomic E-state index is 13.6. The summed E-state index contributed by atoms with van der Waals surface area (Å²) in [5, 5.41) is 0.542. The number of hydrogen-bond donors (Lipinski definition) is 0. The van der Waals surface area contributed by atoms with Gasteiger partial charge in [-0.3, -0.25) is 4.79 Å². The minimum atomic E-state index is -4.23. The Kier molecular flexibility index (Phi) is 6.04. The third kappa shape index (κ3) is 4.33. The van der Waals surface area contributed by atoms with Crippen LogP contribution in [0.15, 0.2) is 64.3 Å². The molecule has 30 heavy (non-hydrogen) atoms. The van der Waals surface area contributed by atoms with Crippen LogP contribution in [0.3, 0.4) is 0 Å². The zero-order chi connectivity index (χ0) is 21.5. The Morgan fingerprint density at radius 1 is 1.10 bits per heavy atom. The largest absolute Gasteiger partial charge is 0.305 e. The second kappa shape index (κ2) is 8.43. The summed E-state index contributed by atoms with van der Waals surface area (Å²) in [5.41, 5.74) is 1.33. The fourth-order valence-corrected chi connectivity index (χ4v) is 6.79. The van der Waals surface area contributed by atoms with Gasteiger partial charge in [0.25, 0.3) is 13.7 Å². The number of pyridine rings is 1. The highest BCUT2D eigenvalue weighted by molar-refractivity contribution is 8.12. The van der Waals surface area contributed by atoms with Crippen molar-refractivity contribution in [2.24, 2.45) is 0 Å². The van der Waals surface area contributed by atoms with Crippen LogP contribution in [-0.2, 0) is 14.1 Å². The highest BCUT2D eigenvalue weighted by atomic mass is 32.3. The van der Waals surface area contributed by atoms with E-state index in [0.29, 0.717) is 17.3 Å². The Morgan fingerprint density at radius 3 is 2.63 bits per heavy atom. The van der Waals surface area contributed by atoms with Crippen molar-refractivity contribution in [2.45, 2.75) is 36.1 Å². The molecule has 10 heteroatoms. The molecule has 0 aliphatic heterocycles. The molecule has 4 rings (SSSR count). The number of rotatable bonds is 5. The molecule has 0 saturated heterocycles. The first kappa shape index (κ1) is 21.5. The van der Waals surface area contributed by atoms with Gasteiger partial charge in [-0.15, -0.1) is 0 Å². The fraction of sp³-hybridized carbons (Fsp3) is 0.250. The van der Waals surface area contributed by atoms with Crippen molar-refractivity contribution in [3.05, 3.63) is 76.3 Å². The Labute approximate surface area is 176 Å². The zero-order valence-corrected chi connectivity index (χ0v) is 18.6. The second-order valence-corrected chi connectivity index (χ2v) is 11.0. The summed E-state index contributed by atoms with van der Waals surface area (Å²) in [6, 6.07) is 13.6. The highest BCUT2D eigenvalue weighted by Crippen LogP contribution is 2.49. The number of halogens is 2. The van der Waals surface area contributed by atoms with Gasteiger partial charge in [-0.25, -0.2) is 8.36 Å². The summed E-state index contributed by atoms with van der Waals surface area (Å²) >= 11 is 0. The van der Waals surface area contributed by atoms with Crippen molar-refractivity contribution >= 4 is 38.1 Å². The van der Waals surface area contributed by atoms with E-state index in [4.69, 9.17) is 0 Å². The van der Waals surface area contributed by atoms with Crippen LogP contribution in [0.2, 0.25) is 0 Å². The third-order valence-corrected chi connectivity index (χ3v) is 8.41. The summed E-state index contributed by atoms with van der Waals surface area (Å²) in [7, 11) is -5.20. The molecule has 1 aromatic heterocycles. The van der Waals surface area contributed by atoms with Crippen molar-refractivity contribution in [3.63, 3.8) is 0 Å². The molecule has 0 radical (unpaired) electrons. The van der Waals surface area contributed by atoms with Gasteiger partial charge in [-0.1, -0.05) is 12.1 Å². The number of benzene rings is 2. The Bertz CT molecular complexity index is 1260. The van der Waals surface area contributed by atoms with E-state index in [1.165, 1.54) is 30.3 Å². The van der Waals surface area contributed by atoms with E-state index >= 15 is 0 Å². The molecule has 4 atom stereocenters. The van der Waals surface area contributed by atoms with Gasteiger partial charge < -0.3 is 4.57 Å². The average Bonchev–Trinajstić information content (AvgIpc) is 3.16. The lowest BCUT2D eigenvalue weighted by Gasteiger charge is -2.18. The van der Waals surface area contributed by atoms with E-state index in [9.17, 15) is 21.8 Å². The van der Waals surface area contributed by atoms with Gasteiger partial charge in [-0.05, 0) is 81.5 Å². The van der Waals surface area contributed by atoms with Crippen LogP contribution < -0.4 is 5.56 Å². The topological polar surface area (TPSA) is 65.4 Å². The molecule has 158 valence electrons. The molecule has 1 aliphatic rings. The molecule has 5 nitrogen and oxygen atoms in total. The number of fused-ring (bicyclic) bond motifs is 1. The van der Waals surface area contributed by atoms with Crippen molar-refractivity contribution < 1.29 is 21.0 Å². The molecule has 2 aromatic carbocycles. The second-order valence-electron chi connectivity index (χ2n) is 7.28. The minimum absolute atomic E-state index is 0.0844. The van der Waals surface area contributed by atoms with Gasteiger partial charge in [0.05, 0.1) is 10.4 Å². The van der Waals surface area contributed by atoms with E-state index in [2.05, 4.69) is 3.97 Å².